The van der Waals surface area contributed by atoms with Gasteiger partial charge in [-0.25, -0.2) is 14.4 Å². The summed E-state index contributed by atoms with van der Waals surface area (Å²) in [5, 5.41) is 2.21. The first kappa shape index (κ1) is 16.3. The van der Waals surface area contributed by atoms with Gasteiger partial charge in [0.1, 0.15) is 5.82 Å². The Morgan fingerprint density at radius 2 is 1.78 bits per heavy atom. The Hall–Kier alpha value is -1.55. The number of carbonyl (C=O) groups excluding carboxylic acids is 1. The van der Waals surface area contributed by atoms with E-state index >= 15 is 0 Å². The highest BCUT2D eigenvalue weighted by Crippen LogP contribution is 2.54. The molecule has 10 heteroatoms. The van der Waals surface area contributed by atoms with Crippen LogP contribution in [0.3, 0.4) is 0 Å². The number of carbonyl (C=O) groups is 1. The van der Waals surface area contributed by atoms with Crippen molar-refractivity contribution in [1.29, 1.82) is 0 Å². The fraction of sp³-hybridized carbons (Fsp3) is 0.154. The van der Waals surface area contributed by atoms with Gasteiger partial charge in [-0.3, -0.25) is 4.79 Å². The zero-order chi connectivity index (χ0) is 17.0. The molecule has 2 aromatic rings. The van der Waals surface area contributed by atoms with Crippen molar-refractivity contribution in [1.82, 2.24) is 9.97 Å². The monoisotopic (exact) mass is 453 g/mol. The number of hydrogen-bond donors (Lipinski definition) is 1. The second-order valence-electron chi connectivity index (χ2n) is 4.63. The van der Waals surface area contributed by atoms with Gasteiger partial charge in [0.15, 0.2) is 9.06 Å². The van der Waals surface area contributed by atoms with E-state index in [9.17, 15) is 22.4 Å². The molecule has 0 radical (unpaired) electrons. The van der Waals surface area contributed by atoms with Crippen molar-refractivity contribution < 1.29 is 22.4 Å². The van der Waals surface area contributed by atoms with Crippen molar-refractivity contribution in [2.45, 2.75) is 9.41 Å². The molecule has 3 rings (SSSR count). The zero-order valence-electron chi connectivity index (χ0n) is 10.9. The van der Waals surface area contributed by atoms with Crippen molar-refractivity contribution >= 4 is 43.5 Å². The summed E-state index contributed by atoms with van der Waals surface area (Å²) in [5.41, 5.74) is -2.33. The van der Waals surface area contributed by atoms with Gasteiger partial charge in [0.2, 0.25) is 0 Å². The maximum absolute atomic E-state index is 14.1. The van der Waals surface area contributed by atoms with E-state index in [0.29, 0.717) is 6.07 Å². The van der Waals surface area contributed by atoms with Crippen LogP contribution in [0.2, 0.25) is 0 Å². The van der Waals surface area contributed by atoms with Gasteiger partial charge in [0.25, 0.3) is 5.91 Å². The lowest BCUT2D eigenvalue weighted by Gasteiger charge is -2.20. The molecular formula is C13H5Br2F4N3O. The lowest BCUT2D eigenvalue weighted by Crippen LogP contribution is -2.21. The Morgan fingerprint density at radius 1 is 1.17 bits per heavy atom. The number of nitrogens with zero attached hydrogens (tertiary/aromatic N) is 2. The van der Waals surface area contributed by atoms with E-state index in [0.717, 1.165) is 0 Å². The zero-order valence-corrected chi connectivity index (χ0v) is 14.1. The highest BCUT2D eigenvalue weighted by atomic mass is 79.9. The summed E-state index contributed by atoms with van der Waals surface area (Å²) in [7, 11) is 0. The standard InChI is InChI=1S/C13H5Br2F4N3O/c14-12(15)8-7(10-20-2-1-3-21-10)5(13(17,18)19)4-6(16)9(8)22-11(12)23/h1-4H,(H,22,23). The summed E-state index contributed by atoms with van der Waals surface area (Å²) in [6.07, 6.45) is -2.34. The smallest absolute Gasteiger partial charge is 0.321 e. The summed E-state index contributed by atoms with van der Waals surface area (Å²) < 4.78 is 52.5. The average molecular weight is 455 g/mol. The van der Waals surface area contributed by atoms with Crippen LogP contribution in [-0.4, -0.2) is 15.9 Å². The third-order valence-electron chi connectivity index (χ3n) is 3.21. The number of aromatic nitrogens is 2. The van der Waals surface area contributed by atoms with E-state index < -0.39 is 32.3 Å². The van der Waals surface area contributed by atoms with Gasteiger partial charge >= 0.3 is 6.18 Å². The molecule has 4 nitrogen and oxygen atoms in total. The number of hydrogen-bond acceptors (Lipinski definition) is 3. The number of halogens is 6. The van der Waals surface area contributed by atoms with Crippen LogP contribution in [0, 0.1) is 5.82 Å². The van der Waals surface area contributed by atoms with E-state index in [1.54, 1.807) is 0 Å². The fourth-order valence-electron chi connectivity index (χ4n) is 2.28. The summed E-state index contributed by atoms with van der Waals surface area (Å²) in [6, 6.07) is 1.76. The molecule has 1 aromatic heterocycles. The summed E-state index contributed by atoms with van der Waals surface area (Å²) >= 11 is 6.01. The number of nitrogens with one attached hydrogen (secondary N) is 1. The minimum Gasteiger partial charge on any atom is -0.321 e. The first-order valence-electron chi connectivity index (χ1n) is 6.05. The third kappa shape index (κ3) is 2.53. The topological polar surface area (TPSA) is 54.9 Å². The van der Waals surface area contributed by atoms with Crippen LogP contribution in [-0.2, 0) is 14.2 Å². The SMILES string of the molecule is O=C1Nc2c(F)cc(C(F)(F)F)c(-c3ncccn3)c2C1(Br)Br. The van der Waals surface area contributed by atoms with Gasteiger partial charge in [-0.05, 0) is 12.1 Å². The largest absolute Gasteiger partial charge is 0.417 e. The Morgan fingerprint density at radius 3 is 2.35 bits per heavy atom. The van der Waals surface area contributed by atoms with Crippen molar-refractivity contribution in [3.8, 4) is 11.4 Å². The normalized spacial score (nSPS) is 16.2. The van der Waals surface area contributed by atoms with Gasteiger partial charge in [0.05, 0.1) is 11.3 Å². The van der Waals surface area contributed by atoms with Crippen LogP contribution >= 0.6 is 31.9 Å². The van der Waals surface area contributed by atoms with Crippen molar-refractivity contribution in [2.75, 3.05) is 5.32 Å². The molecule has 2 heterocycles. The summed E-state index contributed by atoms with van der Waals surface area (Å²) in [5.74, 6) is -2.21. The van der Waals surface area contributed by atoms with Gasteiger partial charge in [-0.1, -0.05) is 31.9 Å². The van der Waals surface area contributed by atoms with Crippen LogP contribution < -0.4 is 5.32 Å². The van der Waals surface area contributed by atoms with E-state index in [1.165, 1.54) is 18.5 Å². The number of fused-ring (bicyclic) bond motifs is 1. The predicted octanol–water partition coefficient (Wildman–Crippen LogP) is 4.20. The van der Waals surface area contributed by atoms with E-state index in [2.05, 4.69) is 47.1 Å². The minimum atomic E-state index is -4.86. The maximum Gasteiger partial charge on any atom is 0.417 e. The van der Waals surface area contributed by atoms with Crippen LogP contribution in [0.4, 0.5) is 23.2 Å². The predicted molar refractivity (Wildman–Crippen MR) is 80.6 cm³/mol. The van der Waals surface area contributed by atoms with Crippen LogP contribution in [0.1, 0.15) is 11.1 Å². The maximum atomic E-state index is 14.1. The lowest BCUT2D eigenvalue weighted by atomic mass is 9.97. The van der Waals surface area contributed by atoms with Gasteiger partial charge < -0.3 is 5.32 Å². The number of alkyl halides is 5. The second-order valence-corrected chi connectivity index (χ2v) is 8.07. The first-order chi connectivity index (χ1) is 10.6. The Kier molecular flexibility index (Phi) is 3.71. The lowest BCUT2D eigenvalue weighted by molar-refractivity contribution is -0.137. The number of anilines is 1. The van der Waals surface area contributed by atoms with Crippen molar-refractivity contribution in [3.05, 3.63) is 41.5 Å². The summed E-state index contributed by atoms with van der Waals surface area (Å²) in [6.45, 7) is 0. The molecule has 1 N–H and O–H groups in total. The fourth-order valence-corrected chi connectivity index (χ4v) is 3.27. The molecule has 1 aliphatic heterocycles. The molecular weight excluding hydrogens is 450 g/mol. The molecule has 0 saturated carbocycles. The average Bonchev–Trinajstić information content (AvgIpc) is 2.71. The quantitative estimate of drug-likeness (QED) is 0.519. The van der Waals surface area contributed by atoms with Gasteiger partial charge in [-0.15, -0.1) is 0 Å². The van der Waals surface area contributed by atoms with E-state index in [4.69, 9.17) is 0 Å². The molecule has 0 atom stereocenters. The highest BCUT2D eigenvalue weighted by Gasteiger charge is 2.50. The van der Waals surface area contributed by atoms with Crippen molar-refractivity contribution in [3.63, 3.8) is 0 Å². The van der Waals surface area contributed by atoms with Gasteiger partial charge in [0, 0.05) is 23.5 Å². The first-order valence-corrected chi connectivity index (χ1v) is 7.63. The van der Waals surface area contributed by atoms with Crippen LogP contribution in [0.5, 0.6) is 0 Å². The number of amides is 1. The number of benzene rings is 1. The molecule has 1 amide bonds. The molecule has 0 spiro atoms. The molecule has 1 aliphatic rings. The molecule has 23 heavy (non-hydrogen) atoms. The second kappa shape index (κ2) is 5.23. The van der Waals surface area contributed by atoms with Gasteiger partial charge in [-0.2, -0.15) is 13.2 Å². The summed E-state index contributed by atoms with van der Waals surface area (Å²) in [4.78, 5) is 19.6. The third-order valence-corrected chi connectivity index (χ3v) is 4.72. The molecule has 0 bridgehead atoms. The van der Waals surface area contributed by atoms with Crippen molar-refractivity contribution in [2.24, 2.45) is 0 Å². The Labute approximate surface area is 143 Å². The van der Waals surface area contributed by atoms with E-state index in [1.807, 2.05) is 0 Å². The molecule has 0 aliphatic carbocycles. The molecule has 1 aromatic carbocycles. The molecule has 0 unspecified atom stereocenters. The Bertz CT molecular complexity index is 809. The molecule has 0 fully saturated rings. The minimum absolute atomic E-state index is 0.249. The Balaban J connectivity index is 2.46. The highest BCUT2D eigenvalue weighted by molar-refractivity contribution is 9.25. The number of rotatable bonds is 1. The van der Waals surface area contributed by atoms with Crippen LogP contribution in [0.25, 0.3) is 11.4 Å². The molecule has 120 valence electrons. The van der Waals surface area contributed by atoms with E-state index in [-0.39, 0.29) is 17.1 Å². The molecule has 0 saturated heterocycles. The van der Waals surface area contributed by atoms with Crippen LogP contribution in [0.15, 0.2) is 24.5 Å².